The molecule has 0 spiro atoms. The van der Waals surface area contributed by atoms with Crippen molar-refractivity contribution in [2.45, 2.75) is 6.42 Å². The van der Waals surface area contributed by atoms with E-state index in [0.29, 0.717) is 40.8 Å². The van der Waals surface area contributed by atoms with E-state index in [-0.39, 0.29) is 12.5 Å². The second-order valence-electron chi connectivity index (χ2n) is 6.13. The van der Waals surface area contributed by atoms with Crippen LogP contribution >= 0.6 is 11.6 Å². The van der Waals surface area contributed by atoms with Gasteiger partial charge in [0.05, 0.1) is 21.3 Å². The fourth-order valence-electron chi connectivity index (χ4n) is 2.60. The van der Waals surface area contributed by atoms with Crippen LogP contribution < -0.4 is 19.5 Å². The van der Waals surface area contributed by atoms with Gasteiger partial charge in [0.2, 0.25) is 5.75 Å². The molecule has 30 heavy (non-hydrogen) atoms. The smallest absolute Gasteiger partial charge is 0.331 e. The van der Waals surface area contributed by atoms with Gasteiger partial charge < -0.3 is 24.3 Å². The Kier molecular flexibility index (Phi) is 9.03. The Bertz CT molecular complexity index is 870. The molecule has 1 N–H and O–H groups in total. The summed E-state index contributed by atoms with van der Waals surface area (Å²) in [6, 6.07) is 10.7. The zero-order valence-corrected chi connectivity index (χ0v) is 17.8. The fraction of sp³-hybridized carbons (Fsp3) is 0.273. The first-order valence-electron chi connectivity index (χ1n) is 9.12. The van der Waals surface area contributed by atoms with Crippen molar-refractivity contribution in [3.05, 3.63) is 58.6 Å². The highest BCUT2D eigenvalue weighted by Crippen LogP contribution is 2.38. The lowest BCUT2D eigenvalue weighted by molar-refractivity contribution is -0.143. The molecule has 0 aliphatic rings. The summed E-state index contributed by atoms with van der Waals surface area (Å²) in [6.45, 7) is 0.0678. The average molecular weight is 434 g/mol. The van der Waals surface area contributed by atoms with Crippen LogP contribution in [0.2, 0.25) is 5.02 Å². The van der Waals surface area contributed by atoms with E-state index >= 15 is 0 Å². The summed E-state index contributed by atoms with van der Waals surface area (Å²) in [5, 5.41) is 3.36. The lowest BCUT2D eigenvalue weighted by Crippen LogP contribution is -2.30. The monoisotopic (exact) mass is 433 g/mol. The maximum Gasteiger partial charge on any atom is 0.331 e. The molecule has 0 atom stereocenters. The Hall–Kier alpha value is -3.19. The molecule has 0 heterocycles. The molecule has 0 aliphatic heterocycles. The molecule has 0 aliphatic carbocycles. The molecule has 0 radical (unpaired) electrons. The zero-order chi connectivity index (χ0) is 21.9. The molecular formula is C22H24ClNO6. The van der Waals surface area contributed by atoms with Gasteiger partial charge in [0.25, 0.3) is 5.91 Å². The van der Waals surface area contributed by atoms with Crippen molar-refractivity contribution < 1.29 is 28.5 Å². The van der Waals surface area contributed by atoms with Crippen LogP contribution in [0.1, 0.15) is 11.1 Å². The molecule has 0 fully saturated rings. The maximum absolute atomic E-state index is 11.9. The van der Waals surface area contributed by atoms with Crippen molar-refractivity contribution in [1.82, 2.24) is 5.32 Å². The van der Waals surface area contributed by atoms with Crippen molar-refractivity contribution in [3.63, 3.8) is 0 Å². The third-order valence-corrected chi connectivity index (χ3v) is 4.35. The first-order chi connectivity index (χ1) is 14.5. The Balaban J connectivity index is 1.81. The van der Waals surface area contributed by atoms with Gasteiger partial charge in [-0.25, -0.2) is 4.79 Å². The van der Waals surface area contributed by atoms with E-state index in [1.807, 2.05) is 12.1 Å². The van der Waals surface area contributed by atoms with Gasteiger partial charge in [0.1, 0.15) is 0 Å². The van der Waals surface area contributed by atoms with Crippen LogP contribution in [0.3, 0.4) is 0 Å². The van der Waals surface area contributed by atoms with Gasteiger partial charge in [-0.1, -0.05) is 23.7 Å². The number of ether oxygens (including phenoxy) is 4. The van der Waals surface area contributed by atoms with E-state index in [0.717, 1.165) is 5.56 Å². The van der Waals surface area contributed by atoms with E-state index in [4.69, 9.17) is 30.5 Å². The minimum Gasteiger partial charge on any atom is -0.493 e. The summed E-state index contributed by atoms with van der Waals surface area (Å²) in [4.78, 5) is 23.7. The summed E-state index contributed by atoms with van der Waals surface area (Å²) >= 11 is 5.83. The van der Waals surface area contributed by atoms with Crippen LogP contribution in [0.25, 0.3) is 6.08 Å². The van der Waals surface area contributed by atoms with Crippen LogP contribution in [0.4, 0.5) is 0 Å². The first kappa shape index (κ1) is 23.1. The van der Waals surface area contributed by atoms with Gasteiger partial charge in [0.15, 0.2) is 18.1 Å². The van der Waals surface area contributed by atoms with Gasteiger partial charge in [-0.05, 0) is 47.9 Å². The zero-order valence-electron chi connectivity index (χ0n) is 17.1. The van der Waals surface area contributed by atoms with E-state index in [2.05, 4.69) is 5.32 Å². The molecule has 0 saturated carbocycles. The highest BCUT2D eigenvalue weighted by atomic mass is 35.5. The standard InChI is InChI=1S/C22H24ClNO6/c1-27-18-12-16(13-19(28-2)22(18)29-3)6-9-21(26)30-14-20(25)24-11-10-15-4-7-17(23)8-5-15/h4-9,12-13H,10-11,14H2,1-3H3,(H,24,25)/b9-6+. The first-order valence-corrected chi connectivity index (χ1v) is 9.50. The molecule has 1 amide bonds. The highest BCUT2D eigenvalue weighted by Gasteiger charge is 2.12. The molecule has 0 unspecified atom stereocenters. The van der Waals surface area contributed by atoms with Crippen LogP contribution in [0.15, 0.2) is 42.5 Å². The molecule has 0 saturated heterocycles. The largest absolute Gasteiger partial charge is 0.493 e. The number of methoxy groups -OCH3 is 3. The van der Waals surface area contributed by atoms with Crippen molar-refractivity contribution in [2.75, 3.05) is 34.5 Å². The number of halogens is 1. The third-order valence-electron chi connectivity index (χ3n) is 4.09. The number of carbonyl (C=O) groups is 2. The topological polar surface area (TPSA) is 83.1 Å². The number of rotatable bonds is 10. The van der Waals surface area contributed by atoms with E-state index < -0.39 is 5.97 Å². The lowest BCUT2D eigenvalue weighted by atomic mass is 10.1. The van der Waals surface area contributed by atoms with Gasteiger partial charge in [-0.3, -0.25) is 4.79 Å². The second-order valence-corrected chi connectivity index (χ2v) is 6.56. The second kappa shape index (κ2) is 11.7. The summed E-state index contributed by atoms with van der Waals surface area (Å²) in [5.41, 5.74) is 1.69. The number of benzene rings is 2. The molecule has 0 bridgehead atoms. The van der Waals surface area contributed by atoms with Gasteiger partial charge in [-0.15, -0.1) is 0 Å². The fourth-order valence-corrected chi connectivity index (χ4v) is 2.72. The van der Waals surface area contributed by atoms with Gasteiger partial charge in [0, 0.05) is 17.6 Å². The van der Waals surface area contributed by atoms with E-state index in [1.165, 1.54) is 33.5 Å². The molecule has 2 aromatic carbocycles. The van der Waals surface area contributed by atoms with Crippen LogP contribution in [-0.4, -0.2) is 46.4 Å². The normalized spacial score (nSPS) is 10.5. The Morgan fingerprint density at radius 2 is 1.63 bits per heavy atom. The predicted molar refractivity (Wildman–Crippen MR) is 114 cm³/mol. The van der Waals surface area contributed by atoms with E-state index in [9.17, 15) is 9.59 Å². The maximum atomic E-state index is 11.9. The number of carbonyl (C=O) groups excluding carboxylic acids is 2. The number of hydrogen-bond donors (Lipinski definition) is 1. The minimum atomic E-state index is -0.642. The lowest BCUT2D eigenvalue weighted by Gasteiger charge is -2.12. The molecule has 160 valence electrons. The molecule has 2 rings (SSSR count). The van der Waals surface area contributed by atoms with Crippen LogP contribution in [0.5, 0.6) is 17.2 Å². The molecule has 7 nitrogen and oxygen atoms in total. The number of amides is 1. The summed E-state index contributed by atoms with van der Waals surface area (Å²) in [7, 11) is 4.52. The highest BCUT2D eigenvalue weighted by molar-refractivity contribution is 6.30. The van der Waals surface area contributed by atoms with Crippen molar-refractivity contribution >= 4 is 29.6 Å². The molecule has 8 heteroatoms. The van der Waals surface area contributed by atoms with Crippen molar-refractivity contribution in [1.29, 1.82) is 0 Å². The summed E-state index contributed by atoms with van der Waals surface area (Å²) < 4.78 is 20.7. The molecular weight excluding hydrogens is 410 g/mol. The Morgan fingerprint density at radius 1 is 1.00 bits per heavy atom. The molecule has 0 aromatic heterocycles. The molecule has 2 aromatic rings. The van der Waals surface area contributed by atoms with Gasteiger partial charge in [-0.2, -0.15) is 0 Å². The Morgan fingerprint density at radius 3 is 2.20 bits per heavy atom. The third kappa shape index (κ3) is 7.00. The number of esters is 1. The minimum absolute atomic E-state index is 0.362. The van der Waals surface area contributed by atoms with Crippen LogP contribution in [-0.2, 0) is 20.7 Å². The quantitative estimate of drug-likeness (QED) is 0.457. The van der Waals surface area contributed by atoms with Crippen molar-refractivity contribution in [2.24, 2.45) is 0 Å². The number of hydrogen-bond acceptors (Lipinski definition) is 6. The average Bonchev–Trinajstić information content (AvgIpc) is 2.76. The SMILES string of the molecule is COc1cc(/C=C/C(=O)OCC(=O)NCCc2ccc(Cl)cc2)cc(OC)c1OC. The van der Waals surface area contributed by atoms with Crippen molar-refractivity contribution in [3.8, 4) is 17.2 Å². The summed E-state index contributed by atoms with van der Waals surface area (Å²) in [6.07, 6.45) is 3.41. The Labute approximate surface area is 180 Å². The summed E-state index contributed by atoms with van der Waals surface area (Å²) in [5.74, 6) is 0.361. The van der Waals surface area contributed by atoms with Gasteiger partial charge >= 0.3 is 5.97 Å². The van der Waals surface area contributed by atoms with Crippen LogP contribution in [0, 0.1) is 0 Å². The van der Waals surface area contributed by atoms with E-state index in [1.54, 1.807) is 24.3 Å². The number of nitrogens with one attached hydrogen (secondary N) is 1. The predicted octanol–water partition coefficient (Wildman–Crippen LogP) is 3.28.